The Labute approximate surface area is 117 Å². The first-order chi connectivity index (χ1) is 8.15. The second kappa shape index (κ2) is 5.60. The van der Waals surface area contributed by atoms with Crippen LogP contribution in [0.4, 0.5) is 0 Å². The molecule has 0 amide bonds. The van der Waals surface area contributed by atoms with Crippen LogP contribution in [0.15, 0.2) is 39.4 Å². The Balaban J connectivity index is 2.10. The van der Waals surface area contributed by atoms with E-state index in [9.17, 15) is 0 Å². The highest BCUT2D eigenvalue weighted by atomic mass is 79.9. The van der Waals surface area contributed by atoms with Gasteiger partial charge in [0, 0.05) is 16.1 Å². The van der Waals surface area contributed by atoms with E-state index in [0.29, 0.717) is 18.3 Å². The third-order valence-electron chi connectivity index (χ3n) is 2.12. The molecule has 0 unspecified atom stereocenters. The fraction of sp³-hybridized carbons (Fsp3) is 0.167. The van der Waals surface area contributed by atoms with Crippen LogP contribution in [0.3, 0.4) is 0 Å². The zero-order chi connectivity index (χ0) is 12.3. The SMILES string of the molecule is Cc1nc(Br)cc(OCc2ccccc2Br)n1. The number of aromatic nitrogens is 2. The van der Waals surface area contributed by atoms with E-state index < -0.39 is 0 Å². The van der Waals surface area contributed by atoms with Crippen molar-refractivity contribution in [1.29, 1.82) is 0 Å². The molecule has 3 nitrogen and oxygen atoms in total. The van der Waals surface area contributed by atoms with Gasteiger partial charge in [-0.05, 0) is 28.9 Å². The number of hydrogen-bond acceptors (Lipinski definition) is 3. The van der Waals surface area contributed by atoms with Gasteiger partial charge in [0.2, 0.25) is 5.88 Å². The Bertz CT molecular complexity index is 511. The van der Waals surface area contributed by atoms with E-state index in [1.807, 2.05) is 31.2 Å². The normalized spacial score (nSPS) is 10.3. The molecule has 0 saturated heterocycles. The first-order valence-electron chi connectivity index (χ1n) is 5.02. The fourth-order valence-corrected chi connectivity index (χ4v) is 2.20. The summed E-state index contributed by atoms with van der Waals surface area (Å²) in [6, 6.07) is 9.69. The van der Waals surface area contributed by atoms with E-state index in [4.69, 9.17) is 4.74 Å². The maximum Gasteiger partial charge on any atom is 0.218 e. The van der Waals surface area contributed by atoms with Crippen LogP contribution in [-0.4, -0.2) is 9.97 Å². The zero-order valence-corrected chi connectivity index (χ0v) is 12.3. The maximum absolute atomic E-state index is 5.62. The molecule has 0 bridgehead atoms. The average Bonchev–Trinajstić information content (AvgIpc) is 2.27. The van der Waals surface area contributed by atoms with Gasteiger partial charge in [-0.3, -0.25) is 0 Å². The molecule has 0 saturated carbocycles. The summed E-state index contributed by atoms with van der Waals surface area (Å²) in [5.74, 6) is 1.25. The third-order valence-corrected chi connectivity index (χ3v) is 3.30. The van der Waals surface area contributed by atoms with Crippen LogP contribution in [0, 0.1) is 6.92 Å². The predicted octanol–water partition coefficient (Wildman–Crippen LogP) is 3.89. The van der Waals surface area contributed by atoms with Crippen molar-refractivity contribution in [2.75, 3.05) is 0 Å². The Morgan fingerprint density at radius 2 is 1.94 bits per heavy atom. The van der Waals surface area contributed by atoms with Gasteiger partial charge in [-0.1, -0.05) is 34.1 Å². The Morgan fingerprint density at radius 3 is 2.65 bits per heavy atom. The molecule has 0 aliphatic rings. The topological polar surface area (TPSA) is 35.0 Å². The molecule has 0 atom stereocenters. The molecular weight excluding hydrogens is 348 g/mol. The van der Waals surface area contributed by atoms with Crippen molar-refractivity contribution < 1.29 is 4.74 Å². The van der Waals surface area contributed by atoms with Crippen molar-refractivity contribution in [1.82, 2.24) is 9.97 Å². The molecule has 1 heterocycles. The predicted molar refractivity (Wildman–Crippen MR) is 72.9 cm³/mol. The van der Waals surface area contributed by atoms with Gasteiger partial charge in [0.05, 0.1) is 0 Å². The molecular formula is C12H10Br2N2O. The minimum Gasteiger partial charge on any atom is -0.473 e. The summed E-state index contributed by atoms with van der Waals surface area (Å²) in [6.07, 6.45) is 0. The van der Waals surface area contributed by atoms with E-state index in [1.54, 1.807) is 6.07 Å². The van der Waals surface area contributed by atoms with E-state index in [1.165, 1.54) is 0 Å². The number of ether oxygens (including phenoxy) is 1. The number of nitrogens with zero attached hydrogens (tertiary/aromatic N) is 2. The van der Waals surface area contributed by atoms with E-state index in [2.05, 4.69) is 41.8 Å². The molecule has 0 aliphatic carbocycles. The summed E-state index contributed by atoms with van der Waals surface area (Å²) in [5, 5.41) is 0. The van der Waals surface area contributed by atoms with Crippen LogP contribution in [0.5, 0.6) is 5.88 Å². The third kappa shape index (κ3) is 3.51. The zero-order valence-electron chi connectivity index (χ0n) is 9.15. The van der Waals surface area contributed by atoms with Crippen molar-refractivity contribution in [3.8, 4) is 5.88 Å². The van der Waals surface area contributed by atoms with Crippen LogP contribution < -0.4 is 4.74 Å². The molecule has 0 radical (unpaired) electrons. The van der Waals surface area contributed by atoms with Gasteiger partial charge in [-0.2, -0.15) is 4.98 Å². The lowest BCUT2D eigenvalue weighted by Crippen LogP contribution is -2.00. The number of hydrogen-bond donors (Lipinski definition) is 0. The van der Waals surface area contributed by atoms with E-state index in [0.717, 1.165) is 14.6 Å². The molecule has 5 heteroatoms. The molecule has 2 rings (SSSR count). The summed E-state index contributed by atoms with van der Waals surface area (Å²) in [5.41, 5.74) is 1.08. The highest BCUT2D eigenvalue weighted by molar-refractivity contribution is 9.10. The van der Waals surface area contributed by atoms with Crippen LogP contribution >= 0.6 is 31.9 Å². The number of aryl methyl sites for hydroxylation is 1. The molecule has 1 aromatic carbocycles. The van der Waals surface area contributed by atoms with E-state index >= 15 is 0 Å². The lowest BCUT2D eigenvalue weighted by atomic mass is 10.2. The van der Waals surface area contributed by atoms with Gasteiger partial charge in [0.15, 0.2) is 0 Å². The van der Waals surface area contributed by atoms with Crippen LogP contribution in [0.2, 0.25) is 0 Å². The van der Waals surface area contributed by atoms with Crippen molar-refractivity contribution in [2.24, 2.45) is 0 Å². The fourth-order valence-electron chi connectivity index (χ4n) is 1.35. The van der Waals surface area contributed by atoms with Gasteiger partial charge in [0.1, 0.15) is 17.0 Å². The van der Waals surface area contributed by atoms with Gasteiger partial charge in [-0.25, -0.2) is 4.98 Å². The summed E-state index contributed by atoms with van der Waals surface area (Å²) in [7, 11) is 0. The summed E-state index contributed by atoms with van der Waals surface area (Å²) in [4.78, 5) is 8.32. The summed E-state index contributed by atoms with van der Waals surface area (Å²) in [6.45, 7) is 2.31. The molecule has 0 spiro atoms. The Hall–Kier alpha value is -0.940. The second-order valence-electron chi connectivity index (χ2n) is 3.46. The molecule has 2 aromatic rings. The maximum atomic E-state index is 5.62. The molecule has 0 N–H and O–H groups in total. The summed E-state index contributed by atoms with van der Waals surface area (Å²) < 4.78 is 7.38. The van der Waals surface area contributed by atoms with Gasteiger partial charge >= 0.3 is 0 Å². The van der Waals surface area contributed by atoms with Crippen molar-refractivity contribution in [2.45, 2.75) is 13.5 Å². The van der Waals surface area contributed by atoms with Crippen LogP contribution in [-0.2, 0) is 6.61 Å². The highest BCUT2D eigenvalue weighted by Gasteiger charge is 2.03. The van der Waals surface area contributed by atoms with Crippen LogP contribution in [0.25, 0.3) is 0 Å². The Kier molecular flexibility index (Phi) is 4.12. The Morgan fingerprint density at radius 1 is 1.18 bits per heavy atom. The first-order valence-corrected chi connectivity index (χ1v) is 6.61. The van der Waals surface area contributed by atoms with Gasteiger partial charge in [-0.15, -0.1) is 0 Å². The quantitative estimate of drug-likeness (QED) is 0.781. The monoisotopic (exact) mass is 356 g/mol. The molecule has 0 aliphatic heterocycles. The molecule has 88 valence electrons. The molecule has 1 aromatic heterocycles. The van der Waals surface area contributed by atoms with E-state index in [-0.39, 0.29) is 0 Å². The number of rotatable bonds is 3. The summed E-state index contributed by atoms with van der Waals surface area (Å²) >= 11 is 6.79. The van der Waals surface area contributed by atoms with Crippen LogP contribution in [0.1, 0.15) is 11.4 Å². The van der Waals surface area contributed by atoms with Crippen molar-refractivity contribution >= 4 is 31.9 Å². The minimum atomic E-state index is 0.477. The molecule has 0 fully saturated rings. The second-order valence-corrected chi connectivity index (χ2v) is 5.12. The van der Waals surface area contributed by atoms with Crippen molar-refractivity contribution in [3.63, 3.8) is 0 Å². The van der Waals surface area contributed by atoms with Crippen molar-refractivity contribution in [3.05, 3.63) is 50.8 Å². The first kappa shape index (κ1) is 12.5. The standard InChI is InChI=1S/C12H10Br2N2O/c1-8-15-11(14)6-12(16-8)17-7-9-4-2-3-5-10(9)13/h2-6H,7H2,1H3. The van der Waals surface area contributed by atoms with Gasteiger partial charge in [0.25, 0.3) is 0 Å². The minimum absolute atomic E-state index is 0.477. The highest BCUT2D eigenvalue weighted by Crippen LogP contribution is 2.19. The largest absolute Gasteiger partial charge is 0.473 e. The lowest BCUT2D eigenvalue weighted by molar-refractivity contribution is 0.291. The van der Waals surface area contributed by atoms with Gasteiger partial charge < -0.3 is 4.74 Å². The smallest absolute Gasteiger partial charge is 0.218 e. The number of benzene rings is 1. The lowest BCUT2D eigenvalue weighted by Gasteiger charge is -2.07. The number of halogens is 2. The molecule has 17 heavy (non-hydrogen) atoms. The average molecular weight is 358 g/mol.